The summed E-state index contributed by atoms with van der Waals surface area (Å²) in [6.07, 6.45) is 5.59. The van der Waals surface area contributed by atoms with Gasteiger partial charge in [-0.1, -0.05) is 6.07 Å². The van der Waals surface area contributed by atoms with Crippen molar-refractivity contribution in [2.24, 2.45) is 10.3 Å². The van der Waals surface area contributed by atoms with Gasteiger partial charge in [0.05, 0.1) is 11.4 Å². The molecule has 2 aromatic rings. The molecule has 8 N–H and O–H groups in total. The van der Waals surface area contributed by atoms with Crippen LogP contribution in [0.15, 0.2) is 34.1 Å². The van der Waals surface area contributed by atoms with Crippen molar-refractivity contribution in [3.63, 3.8) is 0 Å². The van der Waals surface area contributed by atoms with Crippen molar-refractivity contribution in [3.05, 3.63) is 46.5 Å². The number of nitrogens with two attached hydrogens (primary N) is 4. The average molecular weight is 425 g/mol. The van der Waals surface area contributed by atoms with Gasteiger partial charge < -0.3 is 11.5 Å². The fourth-order valence-electron chi connectivity index (χ4n) is 3.85. The quantitative estimate of drug-likeness (QED) is 0.519. The molecule has 0 atom stereocenters. The lowest BCUT2D eigenvalue weighted by atomic mass is 10.1. The molecular weight excluding hydrogens is 400 g/mol. The highest BCUT2D eigenvalue weighted by molar-refractivity contribution is 7.89. The molecule has 0 amide bonds. The Labute approximate surface area is 165 Å². The lowest BCUT2D eigenvalue weighted by Gasteiger charge is -2.08. The van der Waals surface area contributed by atoms with Gasteiger partial charge in [-0.3, -0.25) is 0 Å². The fourth-order valence-corrected chi connectivity index (χ4v) is 5.52. The molecule has 10 heteroatoms. The van der Waals surface area contributed by atoms with Crippen molar-refractivity contribution in [1.82, 2.24) is 0 Å². The van der Waals surface area contributed by atoms with Crippen molar-refractivity contribution < 1.29 is 16.8 Å². The lowest BCUT2D eigenvalue weighted by Crippen LogP contribution is -2.16. The largest absolute Gasteiger partial charge is 0.398 e. The monoisotopic (exact) mass is 424 g/mol. The predicted octanol–water partition coefficient (Wildman–Crippen LogP) is 0.810. The second kappa shape index (κ2) is 7.36. The van der Waals surface area contributed by atoms with Gasteiger partial charge in [0.25, 0.3) is 0 Å². The van der Waals surface area contributed by atoms with E-state index >= 15 is 0 Å². The minimum absolute atomic E-state index is 0.0538. The predicted molar refractivity (Wildman–Crippen MR) is 109 cm³/mol. The third-order valence-corrected chi connectivity index (χ3v) is 7.09. The molecule has 0 aliphatic heterocycles. The van der Waals surface area contributed by atoms with Crippen LogP contribution in [0.4, 0.5) is 11.4 Å². The standard InChI is InChI=1S/2C9H12N2O2S/c10-8-4-6-2-1-3-7(6)5-9(8)14(11,12)13;10-8-5-4-6-2-1-3-7(6)9(8)14(11,12)13/h2*4-5H,1-3,10H2,(H2,11,12,13). The van der Waals surface area contributed by atoms with Crippen LogP contribution in [0, 0.1) is 0 Å². The number of benzene rings is 2. The van der Waals surface area contributed by atoms with Crippen molar-refractivity contribution in [3.8, 4) is 0 Å². The van der Waals surface area contributed by atoms with Gasteiger partial charge in [0.15, 0.2) is 0 Å². The Hall–Kier alpha value is -2.14. The second-order valence-corrected chi connectivity index (χ2v) is 10.1. The number of nitrogen functional groups attached to an aromatic ring is 2. The summed E-state index contributed by atoms with van der Waals surface area (Å²) < 4.78 is 44.9. The van der Waals surface area contributed by atoms with E-state index in [2.05, 4.69) is 0 Å². The molecule has 2 aromatic carbocycles. The Morgan fingerprint density at radius 2 is 1.25 bits per heavy atom. The molecule has 0 unspecified atom stereocenters. The number of sulfonamides is 2. The highest BCUT2D eigenvalue weighted by Crippen LogP contribution is 2.31. The first-order valence-electron chi connectivity index (χ1n) is 8.85. The number of fused-ring (bicyclic) bond motifs is 2. The first-order valence-corrected chi connectivity index (χ1v) is 11.9. The molecule has 0 bridgehead atoms. The Morgan fingerprint density at radius 1 is 0.679 bits per heavy atom. The highest BCUT2D eigenvalue weighted by Gasteiger charge is 2.23. The number of hydrogen-bond acceptors (Lipinski definition) is 6. The lowest BCUT2D eigenvalue weighted by molar-refractivity contribution is 0.595. The normalized spacial score (nSPS) is 15.5. The number of aryl methyl sites for hydroxylation is 3. The summed E-state index contributed by atoms with van der Waals surface area (Å²) in [5.74, 6) is 0. The number of anilines is 2. The average Bonchev–Trinajstić information content (AvgIpc) is 3.20. The molecule has 8 nitrogen and oxygen atoms in total. The van der Waals surface area contributed by atoms with E-state index in [1.54, 1.807) is 18.2 Å². The molecule has 0 radical (unpaired) electrons. The fraction of sp³-hybridized carbons (Fsp3) is 0.333. The van der Waals surface area contributed by atoms with Crippen molar-refractivity contribution in [2.45, 2.75) is 48.3 Å². The van der Waals surface area contributed by atoms with Gasteiger partial charge in [0.2, 0.25) is 20.0 Å². The molecule has 2 aliphatic carbocycles. The van der Waals surface area contributed by atoms with E-state index in [0.717, 1.165) is 60.8 Å². The maximum Gasteiger partial charge on any atom is 0.240 e. The zero-order chi connectivity index (χ0) is 20.7. The van der Waals surface area contributed by atoms with Gasteiger partial charge in [-0.2, -0.15) is 0 Å². The molecule has 0 saturated carbocycles. The molecule has 0 aromatic heterocycles. The van der Waals surface area contributed by atoms with Crippen LogP contribution in [0.1, 0.15) is 35.1 Å². The minimum Gasteiger partial charge on any atom is -0.398 e. The molecule has 0 fully saturated rings. The summed E-state index contributed by atoms with van der Waals surface area (Å²) in [5.41, 5.74) is 15.8. The van der Waals surface area contributed by atoms with Crippen LogP contribution in [-0.4, -0.2) is 16.8 Å². The number of hydrogen-bond donors (Lipinski definition) is 4. The van der Waals surface area contributed by atoms with Crippen LogP contribution < -0.4 is 21.7 Å². The molecule has 152 valence electrons. The van der Waals surface area contributed by atoms with Crippen LogP contribution in [0.25, 0.3) is 0 Å². The van der Waals surface area contributed by atoms with Crippen LogP contribution in [0.2, 0.25) is 0 Å². The molecule has 0 saturated heterocycles. The SMILES string of the molecule is Nc1cc2c(cc1S(N)(=O)=O)CCC2.Nc1ccc2c(c1S(N)(=O)=O)CCC2. The highest BCUT2D eigenvalue weighted by atomic mass is 32.2. The molecular formula is C18H24N4O4S2. The summed E-state index contributed by atoms with van der Waals surface area (Å²) in [6.45, 7) is 0. The Morgan fingerprint density at radius 3 is 1.86 bits per heavy atom. The Bertz CT molecular complexity index is 1140. The summed E-state index contributed by atoms with van der Waals surface area (Å²) in [4.78, 5) is 0.186. The smallest absolute Gasteiger partial charge is 0.240 e. The molecule has 0 spiro atoms. The maximum absolute atomic E-state index is 11.3. The van der Waals surface area contributed by atoms with Crippen molar-refractivity contribution in [1.29, 1.82) is 0 Å². The van der Waals surface area contributed by atoms with Gasteiger partial charge >= 0.3 is 0 Å². The van der Waals surface area contributed by atoms with E-state index in [-0.39, 0.29) is 21.2 Å². The summed E-state index contributed by atoms with van der Waals surface area (Å²) in [7, 11) is -7.36. The van der Waals surface area contributed by atoms with Gasteiger partial charge in [0.1, 0.15) is 9.79 Å². The first kappa shape index (κ1) is 20.6. The first-order chi connectivity index (χ1) is 13.0. The minimum atomic E-state index is -3.68. The topological polar surface area (TPSA) is 172 Å². The zero-order valence-electron chi connectivity index (χ0n) is 15.3. The zero-order valence-corrected chi connectivity index (χ0v) is 16.9. The van der Waals surface area contributed by atoms with E-state index in [1.807, 2.05) is 6.07 Å². The second-order valence-electron chi connectivity index (χ2n) is 7.08. The van der Waals surface area contributed by atoms with E-state index in [0.29, 0.717) is 0 Å². The van der Waals surface area contributed by atoms with Crippen molar-refractivity contribution >= 4 is 31.4 Å². The van der Waals surface area contributed by atoms with Crippen LogP contribution in [0.3, 0.4) is 0 Å². The third kappa shape index (κ3) is 4.14. The summed E-state index contributed by atoms with van der Waals surface area (Å²) in [6, 6.07) is 6.82. The Balaban J connectivity index is 0.000000161. The third-order valence-electron chi connectivity index (χ3n) is 5.08. The van der Waals surface area contributed by atoms with Gasteiger partial charge in [-0.05, 0) is 79.0 Å². The molecule has 28 heavy (non-hydrogen) atoms. The number of primary sulfonamides is 2. The summed E-state index contributed by atoms with van der Waals surface area (Å²) in [5, 5.41) is 10.2. The van der Waals surface area contributed by atoms with Gasteiger partial charge in [-0.15, -0.1) is 0 Å². The van der Waals surface area contributed by atoms with Gasteiger partial charge in [-0.25, -0.2) is 27.1 Å². The van der Waals surface area contributed by atoms with E-state index in [9.17, 15) is 16.8 Å². The van der Waals surface area contributed by atoms with Gasteiger partial charge in [0, 0.05) is 0 Å². The maximum atomic E-state index is 11.3. The van der Waals surface area contributed by atoms with E-state index in [1.165, 1.54) is 0 Å². The summed E-state index contributed by atoms with van der Waals surface area (Å²) >= 11 is 0. The molecule has 0 heterocycles. The van der Waals surface area contributed by atoms with Crippen LogP contribution in [-0.2, 0) is 45.7 Å². The van der Waals surface area contributed by atoms with Crippen LogP contribution >= 0.6 is 0 Å². The molecule has 2 aliphatic rings. The Kier molecular flexibility index (Phi) is 5.41. The van der Waals surface area contributed by atoms with Crippen LogP contribution in [0.5, 0.6) is 0 Å². The molecule has 4 rings (SSSR count). The van der Waals surface area contributed by atoms with Crippen molar-refractivity contribution in [2.75, 3.05) is 11.5 Å². The van der Waals surface area contributed by atoms with E-state index < -0.39 is 20.0 Å². The van der Waals surface area contributed by atoms with E-state index in [4.69, 9.17) is 21.7 Å². The number of rotatable bonds is 2.